The molecule has 2 aromatic carbocycles. The van der Waals surface area contributed by atoms with Gasteiger partial charge in [-0.1, -0.05) is 29.8 Å². The standard InChI is InChI=1S/C18H14FNO3/c1-11-3-2-4-12(7-11)9-20-10-15(18(22)23)17(21)14-8-13(19)5-6-16(14)20/h2-8,10H,9H2,1H3,(H,22,23). The Morgan fingerprint density at radius 3 is 2.70 bits per heavy atom. The zero-order valence-electron chi connectivity index (χ0n) is 12.4. The number of carboxylic acid groups (broad SMARTS) is 1. The van der Waals surface area contributed by atoms with E-state index < -0.39 is 17.2 Å². The van der Waals surface area contributed by atoms with Gasteiger partial charge in [-0.25, -0.2) is 9.18 Å². The number of nitrogens with zero attached hydrogens (tertiary/aromatic N) is 1. The molecule has 1 aromatic heterocycles. The van der Waals surface area contributed by atoms with Crippen LogP contribution in [0.4, 0.5) is 4.39 Å². The number of benzene rings is 2. The summed E-state index contributed by atoms with van der Waals surface area (Å²) >= 11 is 0. The Morgan fingerprint density at radius 2 is 2.00 bits per heavy atom. The molecular formula is C18H14FNO3. The van der Waals surface area contributed by atoms with Gasteiger partial charge in [-0.3, -0.25) is 4.79 Å². The minimum absolute atomic E-state index is 0.0672. The molecule has 1 heterocycles. The number of halogens is 1. The van der Waals surface area contributed by atoms with Crippen LogP contribution in [0.3, 0.4) is 0 Å². The molecule has 0 amide bonds. The quantitative estimate of drug-likeness (QED) is 0.808. The molecule has 0 aliphatic heterocycles. The maximum atomic E-state index is 13.5. The first-order chi connectivity index (χ1) is 11.0. The molecule has 4 nitrogen and oxygen atoms in total. The second-order valence-corrected chi connectivity index (χ2v) is 5.46. The molecule has 0 aliphatic carbocycles. The van der Waals surface area contributed by atoms with Crippen LogP contribution in [-0.2, 0) is 6.54 Å². The number of rotatable bonds is 3. The van der Waals surface area contributed by atoms with Crippen molar-refractivity contribution in [2.45, 2.75) is 13.5 Å². The third-order valence-electron chi connectivity index (χ3n) is 3.71. The third kappa shape index (κ3) is 2.85. The molecule has 3 rings (SSSR count). The number of aryl methyl sites for hydroxylation is 1. The van der Waals surface area contributed by atoms with Crippen LogP contribution in [0.25, 0.3) is 10.9 Å². The molecule has 23 heavy (non-hydrogen) atoms. The zero-order valence-corrected chi connectivity index (χ0v) is 12.4. The van der Waals surface area contributed by atoms with Crippen LogP contribution in [0.2, 0.25) is 0 Å². The molecule has 116 valence electrons. The van der Waals surface area contributed by atoms with Crippen LogP contribution in [0, 0.1) is 12.7 Å². The van der Waals surface area contributed by atoms with Crippen LogP contribution >= 0.6 is 0 Å². The Labute approximate surface area is 131 Å². The number of aromatic carboxylic acids is 1. The lowest BCUT2D eigenvalue weighted by Crippen LogP contribution is -2.19. The van der Waals surface area contributed by atoms with E-state index in [0.717, 1.165) is 17.2 Å². The molecule has 0 spiro atoms. The van der Waals surface area contributed by atoms with Gasteiger partial charge in [-0.2, -0.15) is 0 Å². The first-order valence-corrected chi connectivity index (χ1v) is 7.07. The summed E-state index contributed by atoms with van der Waals surface area (Å²) in [4.78, 5) is 23.5. The molecule has 0 fully saturated rings. The molecule has 0 saturated carbocycles. The van der Waals surface area contributed by atoms with E-state index in [1.54, 1.807) is 4.57 Å². The van der Waals surface area contributed by atoms with Crippen LogP contribution in [0.15, 0.2) is 53.5 Å². The summed E-state index contributed by atoms with van der Waals surface area (Å²) in [6.07, 6.45) is 1.31. The number of hydrogen-bond donors (Lipinski definition) is 1. The van der Waals surface area contributed by atoms with Gasteiger partial charge in [0.05, 0.1) is 5.52 Å². The van der Waals surface area contributed by atoms with Crippen LogP contribution < -0.4 is 5.43 Å². The SMILES string of the molecule is Cc1cccc(Cn2cc(C(=O)O)c(=O)c3cc(F)ccc32)c1. The van der Waals surface area contributed by atoms with E-state index in [1.165, 1.54) is 18.3 Å². The largest absolute Gasteiger partial charge is 0.477 e. The highest BCUT2D eigenvalue weighted by Crippen LogP contribution is 2.16. The fraction of sp³-hybridized carbons (Fsp3) is 0.111. The van der Waals surface area contributed by atoms with Crippen molar-refractivity contribution in [1.82, 2.24) is 4.57 Å². The molecule has 0 bridgehead atoms. The van der Waals surface area contributed by atoms with E-state index in [0.29, 0.717) is 12.1 Å². The Kier molecular flexibility index (Phi) is 3.70. The summed E-state index contributed by atoms with van der Waals surface area (Å²) in [5.74, 6) is -1.89. The smallest absolute Gasteiger partial charge is 0.341 e. The lowest BCUT2D eigenvalue weighted by atomic mass is 10.1. The van der Waals surface area contributed by atoms with Gasteiger partial charge >= 0.3 is 5.97 Å². The first kappa shape index (κ1) is 15.0. The molecule has 5 heteroatoms. The predicted octanol–water partition coefficient (Wildman–Crippen LogP) is 3.20. The zero-order chi connectivity index (χ0) is 16.6. The minimum Gasteiger partial charge on any atom is -0.477 e. The highest BCUT2D eigenvalue weighted by atomic mass is 19.1. The molecule has 0 saturated heterocycles. The van der Waals surface area contributed by atoms with Gasteiger partial charge in [-0.05, 0) is 30.7 Å². The highest BCUT2D eigenvalue weighted by Gasteiger charge is 2.15. The van der Waals surface area contributed by atoms with Crippen molar-refractivity contribution < 1.29 is 14.3 Å². The Bertz CT molecular complexity index is 976. The summed E-state index contributed by atoms with van der Waals surface area (Å²) in [6.45, 7) is 2.36. The summed E-state index contributed by atoms with van der Waals surface area (Å²) in [6, 6.07) is 11.6. The van der Waals surface area contributed by atoms with E-state index in [-0.39, 0.29) is 10.9 Å². The van der Waals surface area contributed by atoms with Crippen LogP contribution in [0.1, 0.15) is 21.5 Å². The van der Waals surface area contributed by atoms with Gasteiger partial charge in [0.15, 0.2) is 0 Å². The van der Waals surface area contributed by atoms with Gasteiger partial charge in [0.1, 0.15) is 11.4 Å². The van der Waals surface area contributed by atoms with E-state index in [9.17, 15) is 19.1 Å². The molecule has 0 radical (unpaired) electrons. The number of carboxylic acids is 1. The van der Waals surface area contributed by atoms with Crippen molar-refractivity contribution in [3.05, 3.63) is 81.4 Å². The molecule has 0 aliphatic rings. The number of pyridine rings is 1. The predicted molar refractivity (Wildman–Crippen MR) is 85.4 cm³/mol. The van der Waals surface area contributed by atoms with Gasteiger partial charge in [0, 0.05) is 18.1 Å². The van der Waals surface area contributed by atoms with Gasteiger partial charge in [0.2, 0.25) is 5.43 Å². The fourth-order valence-corrected chi connectivity index (χ4v) is 2.66. The van der Waals surface area contributed by atoms with Gasteiger partial charge in [0.25, 0.3) is 0 Å². The third-order valence-corrected chi connectivity index (χ3v) is 3.71. The van der Waals surface area contributed by atoms with E-state index in [4.69, 9.17) is 0 Å². The van der Waals surface area contributed by atoms with Crippen LogP contribution in [-0.4, -0.2) is 15.6 Å². The van der Waals surface area contributed by atoms with Crippen molar-refractivity contribution in [1.29, 1.82) is 0 Å². The van der Waals surface area contributed by atoms with Crippen molar-refractivity contribution >= 4 is 16.9 Å². The fourth-order valence-electron chi connectivity index (χ4n) is 2.66. The van der Waals surface area contributed by atoms with Crippen molar-refractivity contribution in [2.75, 3.05) is 0 Å². The Morgan fingerprint density at radius 1 is 1.22 bits per heavy atom. The first-order valence-electron chi connectivity index (χ1n) is 7.07. The summed E-state index contributed by atoms with van der Waals surface area (Å²) in [5.41, 5.74) is 1.51. The summed E-state index contributed by atoms with van der Waals surface area (Å²) in [5, 5.41) is 9.29. The lowest BCUT2D eigenvalue weighted by molar-refractivity contribution is 0.0695. The molecule has 0 unspecified atom stereocenters. The number of hydrogen-bond acceptors (Lipinski definition) is 2. The van der Waals surface area contributed by atoms with Crippen molar-refractivity contribution in [3.63, 3.8) is 0 Å². The number of aromatic nitrogens is 1. The average Bonchev–Trinajstić information content (AvgIpc) is 2.50. The summed E-state index contributed by atoms with van der Waals surface area (Å²) < 4.78 is 15.1. The topological polar surface area (TPSA) is 59.3 Å². The monoisotopic (exact) mass is 311 g/mol. The Balaban J connectivity index is 2.25. The number of fused-ring (bicyclic) bond motifs is 1. The van der Waals surface area contributed by atoms with Gasteiger partial charge in [-0.15, -0.1) is 0 Å². The summed E-state index contributed by atoms with van der Waals surface area (Å²) in [7, 11) is 0. The molecule has 3 aromatic rings. The molecule has 0 atom stereocenters. The average molecular weight is 311 g/mol. The van der Waals surface area contributed by atoms with Crippen molar-refractivity contribution in [2.24, 2.45) is 0 Å². The van der Waals surface area contributed by atoms with Gasteiger partial charge < -0.3 is 9.67 Å². The van der Waals surface area contributed by atoms with Crippen molar-refractivity contribution in [3.8, 4) is 0 Å². The minimum atomic E-state index is -1.32. The van der Waals surface area contributed by atoms with E-state index >= 15 is 0 Å². The second-order valence-electron chi connectivity index (χ2n) is 5.46. The second kappa shape index (κ2) is 5.68. The molecule has 1 N–H and O–H groups in total. The normalized spacial score (nSPS) is 10.9. The number of carbonyl (C=O) groups is 1. The van der Waals surface area contributed by atoms with E-state index in [1.807, 2.05) is 31.2 Å². The highest BCUT2D eigenvalue weighted by molar-refractivity contribution is 5.92. The van der Waals surface area contributed by atoms with E-state index in [2.05, 4.69) is 0 Å². The maximum Gasteiger partial charge on any atom is 0.341 e. The Hall–Kier alpha value is -2.95. The lowest BCUT2D eigenvalue weighted by Gasteiger charge is -2.13. The molecular weight excluding hydrogens is 297 g/mol. The maximum absolute atomic E-state index is 13.5. The van der Waals surface area contributed by atoms with Crippen LogP contribution in [0.5, 0.6) is 0 Å².